The molecule has 0 atom stereocenters. The van der Waals surface area contributed by atoms with Crippen molar-refractivity contribution in [2.45, 2.75) is 34.1 Å². The minimum atomic E-state index is -0.184. The molecule has 0 aliphatic rings. The molecule has 100 valence electrons. The number of carbonyl (C=O) groups is 1. The highest BCUT2D eigenvalue weighted by atomic mass is 16.5. The summed E-state index contributed by atoms with van der Waals surface area (Å²) in [6.45, 7) is 9.15. The van der Waals surface area contributed by atoms with Crippen LogP contribution in [0.2, 0.25) is 0 Å². The summed E-state index contributed by atoms with van der Waals surface area (Å²) in [7, 11) is 0. The lowest BCUT2D eigenvalue weighted by Gasteiger charge is -2.11. The predicted octanol–water partition coefficient (Wildman–Crippen LogP) is 3.14. The van der Waals surface area contributed by atoms with Crippen molar-refractivity contribution in [2.24, 2.45) is 5.92 Å². The first-order chi connectivity index (χ1) is 8.52. The van der Waals surface area contributed by atoms with E-state index in [1.807, 2.05) is 32.0 Å². The smallest absolute Gasteiger partial charge is 0.310 e. The zero-order valence-electron chi connectivity index (χ0n) is 11.7. The molecule has 0 bridgehead atoms. The average molecular weight is 250 g/mol. The van der Waals surface area contributed by atoms with E-state index in [9.17, 15) is 4.79 Å². The molecule has 0 saturated heterocycles. The van der Waals surface area contributed by atoms with Gasteiger partial charge in [0.1, 0.15) is 5.75 Å². The third-order valence-electron chi connectivity index (χ3n) is 2.54. The zero-order chi connectivity index (χ0) is 13.5. The highest BCUT2D eigenvalue weighted by molar-refractivity contribution is 5.73. The quantitative estimate of drug-likeness (QED) is 0.728. The third kappa shape index (κ3) is 4.78. The normalized spacial score (nSPS) is 10.5. The number of benzene rings is 1. The van der Waals surface area contributed by atoms with Crippen molar-refractivity contribution in [2.75, 3.05) is 13.2 Å². The second kappa shape index (κ2) is 7.04. The molecule has 0 aliphatic carbocycles. The van der Waals surface area contributed by atoms with Crippen LogP contribution in [-0.4, -0.2) is 19.2 Å². The molecule has 0 radical (unpaired) electrons. The van der Waals surface area contributed by atoms with Gasteiger partial charge in [0.2, 0.25) is 0 Å². The van der Waals surface area contributed by atoms with Crippen LogP contribution in [0, 0.1) is 12.8 Å². The van der Waals surface area contributed by atoms with Gasteiger partial charge in [0, 0.05) is 0 Å². The van der Waals surface area contributed by atoms with E-state index in [1.54, 1.807) is 0 Å². The summed E-state index contributed by atoms with van der Waals surface area (Å²) in [4.78, 5) is 11.4. The van der Waals surface area contributed by atoms with Crippen LogP contribution in [0.25, 0.3) is 0 Å². The summed E-state index contributed by atoms with van der Waals surface area (Å²) < 4.78 is 10.6. The molecule has 3 nitrogen and oxygen atoms in total. The molecule has 0 aliphatic heterocycles. The standard InChI is InChI=1S/C15H22O3/c1-5-17-15(16)9-13-6-7-14(8-12(13)4)18-10-11(2)3/h6-8,11H,5,9-10H2,1-4H3. The van der Waals surface area contributed by atoms with Gasteiger partial charge in [-0.15, -0.1) is 0 Å². The van der Waals surface area contributed by atoms with Crippen molar-refractivity contribution in [3.63, 3.8) is 0 Å². The van der Waals surface area contributed by atoms with Gasteiger partial charge in [-0.05, 0) is 43.0 Å². The topological polar surface area (TPSA) is 35.5 Å². The maximum Gasteiger partial charge on any atom is 0.310 e. The first kappa shape index (κ1) is 14.6. The maximum atomic E-state index is 11.4. The Labute approximate surface area is 109 Å². The van der Waals surface area contributed by atoms with Crippen molar-refractivity contribution < 1.29 is 14.3 Å². The second-order valence-electron chi connectivity index (χ2n) is 4.77. The van der Waals surface area contributed by atoms with Crippen LogP contribution in [0.5, 0.6) is 5.75 Å². The Balaban J connectivity index is 2.64. The molecule has 1 aromatic carbocycles. The fourth-order valence-electron chi connectivity index (χ4n) is 1.59. The Hall–Kier alpha value is -1.51. The maximum absolute atomic E-state index is 11.4. The number of hydrogen-bond acceptors (Lipinski definition) is 3. The highest BCUT2D eigenvalue weighted by Crippen LogP contribution is 2.18. The van der Waals surface area contributed by atoms with Gasteiger partial charge in [-0.1, -0.05) is 19.9 Å². The first-order valence-electron chi connectivity index (χ1n) is 6.40. The summed E-state index contributed by atoms with van der Waals surface area (Å²) in [6.07, 6.45) is 0.324. The summed E-state index contributed by atoms with van der Waals surface area (Å²) in [6, 6.07) is 5.81. The van der Waals surface area contributed by atoms with E-state index in [4.69, 9.17) is 9.47 Å². The Morgan fingerprint density at radius 3 is 2.61 bits per heavy atom. The lowest BCUT2D eigenvalue weighted by molar-refractivity contribution is -0.142. The predicted molar refractivity (Wildman–Crippen MR) is 71.8 cm³/mol. The molecular formula is C15H22O3. The summed E-state index contributed by atoms with van der Waals surface area (Å²) >= 11 is 0. The minimum absolute atomic E-state index is 0.184. The number of rotatable bonds is 6. The van der Waals surface area contributed by atoms with Crippen LogP contribution >= 0.6 is 0 Å². The van der Waals surface area contributed by atoms with Crippen molar-refractivity contribution in [1.82, 2.24) is 0 Å². The number of carbonyl (C=O) groups excluding carboxylic acids is 1. The molecule has 3 heteroatoms. The number of ether oxygens (including phenoxy) is 2. The summed E-state index contributed by atoms with van der Waals surface area (Å²) in [5.41, 5.74) is 2.05. The van der Waals surface area contributed by atoms with Gasteiger partial charge < -0.3 is 9.47 Å². The Kier molecular flexibility index (Phi) is 5.69. The summed E-state index contributed by atoms with van der Waals surface area (Å²) in [5, 5.41) is 0. The van der Waals surface area contributed by atoms with Crippen molar-refractivity contribution in [1.29, 1.82) is 0 Å². The van der Waals surface area contributed by atoms with Gasteiger partial charge >= 0.3 is 5.97 Å². The SMILES string of the molecule is CCOC(=O)Cc1ccc(OCC(C)C)cc1C. The van der Waals surface area contributed by atoms with Gasteiger partial charge in [0.15, 0.2) is 0 Å². The van der Waals surface area contributed by atoms with Crippen molar-refractivity contribution >= 4 is 5.97 Å². The molecule has 0 aromatic heterocycles. The number of hydrogen-bond donors (Lipinski definition) is 0. The van der Waals surface area contributed by atoms with Crippen LogP contribution in [-0.2, 0) is 16.0 Å². The molecule has 18 heavy (non-hydrogen) atoms. The van der Waals surface area contributed by atoms with Crippen molar-refractivity contribution in [3.05, 3.63) is 29.3 Å². The van der Waals surface area contributed by atoms with E-state index in [0.29, 0.717) is 25.6 Å². The van der Waals surface area contributed by atoms with Crippen LogP contribution in [0.4, 0.5) is 0 Å². The molecule has 1 rings (SSSR count). The number of esters is 1. The molecule has 0 spiro atoms. The van der Waals surface area contributed by atoms with Gasteiger partial charge in [0.25, 0.3) is 0 Å². The molecule has 0 fully saturated rings. The lowest BCUT2D eigenvalue weighted by Crippen LogP contribution is -2.09. The van der Waals surface area contributed by atoms with Crippen LogP contribution in [0.3, 0.4) is 0 Å². The van der Waals surface area contributed by atoms with E-state index in [1.165, 1.54) is 0 Å². The fourth-order valence-corrected chi connectivity index (χ4v) is 1.59. The van der Waals surface area contributed by atoms with E-state index in [0.717, 1.165) is 16.9 Å². The molecule has 0 amide bonds. The molecule has 0 heterocycles. The second-order valence-corrected chi connectivity index (χ2v) is 4.77. The number of aryl methyl sites for hydroxylation is 1. The molecule has 0 unspecified atom stereocenters. The third-order valence-corrected chi connectivity index (χ3v) is 2.54. The zero-order valence-corrected chi connectivity index (χ0v) is 11.7. The Morgan fingerprint density at radius 2 is 2.06 bits per heavy atom. The van der Waals surface area contributed by atoms with E-state index < -0.39 is 0 Å². The summed E-state index contributed by atoms with van der Waals surface area (Å²) in [5.74, 6) is 1.18. The first-order valence-corrected chi connectivity index (χ1v) is 6.40. The highest BCUT2D eigenvalue weighted by Gasteiger charge is 2.07. The van der Waals surface area contributed by atoms with Gasteiger partial charge in [-0.3, -0.25) is 4.79 Å². The van der Waals surface area contributed by atoms with Crippen LogP contribution in [0.15, 0.2) is 18.2 Å². The van der Waals surface area contributed by atoms with Crippen LogP contribution in [0.1, 0.15) is 31.9 Å². The van der Waals surface area contributed by atoms with E-state index >= 15 is 0 Å². The molecule has 1 aromatic rings. The minimum Gasteiger partial charge on any atom is -0.493 e. The van der Waals surface area contributed by atoms with Gasteiger partial charge in [-0.25, -0.2) is 0 Å². The van der Waals surface area contributed by atoms with Gasteiger partial charge in [0.05, 0.1) is 19.6 Å². The van der Waals surface area contributed by atoms with E-state index in [2.05, 4.69) is 13.8 Å². The molecule has 0 saturated carbocycles. The monoisotopic (exact) mass is 250 g/mol. The van der Waals surface area contributed by atoms with E-state index in [-0.39, 0.29) is 5.97 Å². The Morgan fingerprint density at radius 1 is 1.33 bits per heavy atom. The largest absolute Gasteiger partial charge is 0.493 e. The lowest BCUT2D eigenvalue weighted by atomic mass is 10.1. The molecule has 0 N–H and O–H groups in total. The van der Waals surface area contributed by atoms with Gasteiger partial charge in [-0.2, -0.15) is 0 Å². The van der Waals surface area contributed by atoms with Crippen molar-refractivity contribution in [3.8, 4) is 5.75 Å². The van der Waals surface area contributed by atoms with Crippen LogP contribution < -0.4 is 4.74 Å². The Bertz CT molecular complexity index is 397. The molecular weight excluding hydrogens is 228 g/mol. The fraction of sp³-hybridized carbons (Fsp3) is 0.533. The average Bonchev–Trinajstić information content (AvgIpc) is 2.30.